The van der Waals surface area contributed by atoms with E-state index in [1.807, 2.05) is 17.2 Å². The van der Waals surface area contributed by atoms with Gasteiger partial charge in [-0.1, -0.05) is 31.1 Å². The molecule has 9 nitrogen and oxygen atoms in total. The van der Waals surface area contributed by atoms with Crippen molar-refractivity contribution in [2.45, 2.75) is 62.2 Å². The Labute approximate surface area is 205 Å². The number of benzene rings is 1. The number of nitrogens with one attached hydrogen (secondary N) is 2. The van der Waals surface area contributed by atoms with Crippen molar-refractivity contribution >= 4 is 12.0 Å². The summed E-state index contributed by atoms with van der Waals surface area (Å²) in [7, 11) is 2.16. The number of carbonyl (C=O) groups excluding carboxylic acids is 2. The lowest BCUT2D eigenvalue weighted by molar-refractivity contribution is -0.124. The third-order valence-corrected chi connectivity index (χ3v) is 8.62. The molecule has 6 rings (SSSR count). The summed E-state index contributed by atoms with van der Waals surface area (Å²) >= 11 is 0. The summed E-state index contributed by atoms with van der Waals surface area (Å²) in [6, 6.07) is 4.15. The van der Waals surface area contributed by atoms with Crippen LogP contribution in [0.25, 0.3) is 0 Å². The Morgan fingerprint density at radius 3 is 2.77 bits per heavy atom. The van der Waals surface area contributed by atoms with Crippen LogP contribution in [0.15, 0.2) is 24.3 Å². The van der Waals surface area contributed by atoms with Gasteiger partial charge in [0.05, 0.1) is 0 Å². The van der Waals surface area contributed by atoms with E-state index in [-0.39, 0.29) is 23.8 Å². The molecule has 0 saturated carbocycles. The van der Waals surface area contributed by atoms with Crippen molar-refractivity contribution in [3.63, 3.8) is 0 Å². The summed E-state index contributed by atoms with van der Waals surface area (Å²) in [6.07, 6.45) is 8.45. The molecule has 3 heterocycles. The number of hydrazine groups is 1. The molecule has 9 heteroatoms. The summed E-state index contributed by atoms with van der Waals surface area (Å²) in [5, 5.41) is 15.3. The van der Waals surface area contributed by atoms with Crippen LogP contribution in [-0.2, 0) is 16.6 Å². The summed E-state index contributed by atoms with van der Waals surface area (Å²) in [5.74, 6) is 0.873. The van der Waals surface area contributed by atoms with Crippen LogP contribution in [0.1, 0.15) is 43.2 Å². The molecule has 0 aromatic heterocycles. The first-order valence-corrected chi connectivity index (χ1v) is 12.9. The minimum Gasteiger partial charge on any atom is -0.482 e. The van der Waals surface area contributed by atoms with E-state index in [1.165, 1.54) is 18.4 Å². The lowest BCUT2D eigenvalue weighted by atomic mass is 9.53. The van der Waals surface area contributed by atoms with Crippen LogP contribution in [0.5, 0.6) is 11.5 Å². The molecule has 188 valence electrons. The smallest absolute Gasteiger partial charge is 0.413 e. The molecule has 2 bridgehead atoms. The number of piperidine rings is 1. The molecular weight excluding hydrogens is 448 g/mol. The molecule has 2 saturated heterocycles. The second kappa shape index (κ2) is 8.80. The van der Waals surface area contributed by atoms with E-state index in [2.05, 4.69) is 28.8 Å². The molecule has 1 spiro atoms. The fourth-order valence-electron chi connectivity index (χ4n) is 7.00. The Morgan fingerprint density at radius 1 is 1.17 bits per heavy atom. The highest BCUT2D eigenvalue weighted by atomic mass is 16.6. The topological polar surface area (TPSA) is 103 Å². The van der Waals surface area contributed by atoms with Crippen molar-refractivity contribution in [3.8, 4) is 11.5 Å². The van der Waals surface area contributed by atoms with Gasteiger partial charge in [-0.15, -0.1) is 0 Å². The van der Waals surface area contributed by atoms with Crippen molar-refractivity contribution < 1.29 is 24.2 Å². The van der Waals surface area contributed by atoms with Gasteiger partial charge in [-0.3, -0.25) is 10.2 Å². The van der Waals surface area contributed by atoms with Gasteiger partial charge >= 0.3 is 6.09 Å². The molecule has 1 aromatic carbocycles. The van der Waals surface area contributed by atoms with Crippen LogP contribution in [0.2, 0.25) is 0 Å². The largest absolute Gasteiger partial charge is 0.482 e. The first-order valence-electron chi connectivity index (χ1n) is 12.9. The highest BCUT2D eigenvalue weighted by Crippen LogP contribution is 2.62. The lowest BCUT2D eigenvalue weighted by Gasteiger charge is -2.56. The number of likely N-dealkylation sites (N-methyl/N-ethyl adjacent to an activating group) is 1. The van der Waals surface area contributed by atoms with Crippen molar-refractivity contribution in [3.05, 3.63) is 35.4 Å². The number of amides is 2. The van der Waals surface area contributed by atoms with E-state index >= 15 is 0 Å². The van der Waals surface area contributed by atoms with Crippen molar-refractivity contribution in [1.82, 2.24) is 20.7 Å². The van der Waals surface area contributed by atoms with Gasteiger partial charge < -0.3 is 24.8 Å². The molecular formula is C26H34N4O5. The third kappa shape index (κ3) is 3.72. The van der Waals surface area contributed by atoms with E-state index in [0.29, 0.717) is 17.5 Å². The highest BCUT2D eigenvalue weighted by Gasteiger charge is 2.64. The quantitative estimate of drug-likeness (QED) is 0.559. The van der Waals surface area contributed by atoms with Crippen LogP contribution in [0.4, 0.5) is 4.79 Å². The predicted molar refractivity (Wildman–Crippen MR) is 128 cm³/mol. The third-order valence-electron chi connectivity index (χ3n) is 8.62. The van der Waals surface area contributed by atoms with E-state index in [1.54, 1.807) is 6.07 Å². The maximum Gasteiger partial charge on any atom is 0.413 e. The fraction of sp³-hybridized carbons (Fsp3) is 0.615. The predicted octanol–water partition coefficient (Wildman–Crippen LogP) is 1.49. The zero-order chi connectivity index (χ0) is 24.2. The SMILES string of the molecule is CN1CC[C@]23c4c5ccc(OC(=O)NCC(=O)NN6CCCCCC6)c4O[C@H]2[C@@H](O)C=CC3C1C5. The molecule has 5 aliphatic rings. The molecule has 3 N–H and O–H groups in total. The Bertz CT molecular complexity index is 1050. The average Bonchev–Trinajstić information content (AvgIpc) is 2.99. The monoisotopic (exact) mass is 482 g/mol. The molecule has 0 radical (unpaired) electrons. The number of ether oxygens (including phenoxy) is 2. The zero-order valence-corrected chi connectivity index (χ0v) is 20.2. The van der Waals surface area contributed by atoms with Crippen LogP contribution >= 0.6 is 0 Å². The number of hydrogen-bond acceptors (Lipinski definition) is 7. The first kappa shape index (κ1) is 22.8. The van der Waals surface area contributed by atoms with Gasteiger partial charge in [0.1, 0.15) is 18.8 Å². The Balaban J connectivity index is 1.18. The number of likely N-dealkylation sites (tertiary alicyclic amines) is 1. The van der Waals surface area contributed by atoms with Crippen molar-refractivity contribution in [2.24, 2.45) is 5.92 Å². The Hall–Kier alpha value is -2.62. The maximum absolute atomic E-state index is 12.6. The molecule has 3 aliphatic heterocycles. The van der Waals surface area contributed by atoms with Crippen LogP contribution in [-0.4, -0.2) is 78.5 Å². The van der Waals surface area contributed by atoms with E-state index in [4.69, 9.17) is 9.47 Å². The van der Waals surface area contributed by atoms with Gasteiger partial charge in [-0.25, -0.2) is 9.80 Å². The molecule has 2 unspecified atom stereocenters. The second-order valence-electron chi connectivity index (χ2n) is 10.6. The second-order valence-corrected chi connectivity index (χ2v) is 10.6. The Morgan fingerprint density at radius 2 is 1.97 bits per heavy atom. The normalized spacial score (nSPS) is 33.3. The zero-order valence-electron chi connectivity index (χ0n) is 20.2. The van der Waals surface area contributed by atoms with Gasteiger partial charge in [0.25, 0.3) is 5.91 Å². The van der Waals surface area contributed by atoms with Crippen LogP contribution in [0.3, 0.4) is 0 Å². The van der Waals surface area contributed by atoms with Crippen molar-refractivity contribution in [2.75, 3.05) is 33.2 Å². The summed E-state index contributed by atoms with van der Waals surface area (Å²) in [4.78, 5) is 27.3. The number of rotatable bonds is 4. The average molecular weight is 483 g/mol. The van der Waals surface area contributed by atoms with Gasteiger partial charge in [-0.05, 0) is 50.9 Å². The van der Waals surface area contributed by atoms with E-state index in [0.717, 1.165) is 50.9 Å². The molecule has 35 heavy (non-hydrogen) atoms. The lowest BCUT2D eigenvalue weighted by Crippen LogP contribution is -2.64. The number of nitrogens with zero attached hydrogens (tertiary/aromatic N) is 2. The standard InChI is InChI=1S/C26H34N4O5/c1-29-13-10-26-17-7-8-19(31)24(26)35-23-20(9-6-16(22(23)26)14-18(17)29)34-25(33)27-15-21(32)28-30-11-4-2-3-5-12-30/h6-9,17-19,24,31H,2-5,10-15H2,1H3,(H,27,33)(H,28,32)/t17?,18?,19-,24-,26-/m0/s1. The summed E-state index contributed by atoms with van der Waals surface area (Å²) < 4.78 is 12.0. The molecule has 5 atom stereocenters. The van der Waals surface area contributed by atoms with Crippen LogP contribution in [0, 0.1) is 5.92 Å². The van der Waals surface area contributed by atoms with Gasteiger partial charge in [-0.2, -0.15) is 0 Å². The van der Waals surface area contributed by atoms with Crippen molar-refractivity contribution in [1.29, 1.82) is 0 Å². The maximum atomic E-state index is 12.6. The van der Waals surface area contributed by atoms with Gasteiger partial charge in [0.2, 0.25) is 0 Å². The minimum absolute atomic E-state index is 0.165. The highest BCUT2D eigenvalue weighted by molar-refractivity contribution is 5.82. The molecule has 2 amide bonds. The fourth-order valence-corrected chi connectivity index (χ4v) is 7.00. The molecule has 2 fully saturated rings. The minimum atomic E-state index is -0.710. The Kier molecular flexibility index (Phi) is 5.74. The number of aliphatic hydroxyl groups excluding tert-OH is 1. The molecule has 2 aliphatic carbocycles. The summed E-state index contributed by atoms with van der Waals surface area (Å²) in [5.41, 5.74) is 4.84. The summed E-state index contributed by atoms with van der Waals surface area (Å²) in [6.45, 7) is 2.42. The van der Waals surface area contributed by atoms with Gasteiger partial charge in [0.15, 0.2) is 11.5 Å². The van der Waals surface area contributed by atoms with E-state index in [9.17, 15) is 14.7 Å². The van der Waals surface area contributed by atoms with Gasteiger partial charge in [0, 0.05) is 36.0 Å². The first-order chi connectivity index (χ1) is 17.0. The van der Waals surface area contributed by atoms with Crippen LogP contribution < -0.4 is 20.2 Å². The number of hydrogen-bond donors (Lipinski definition) is 3. The number of carbonyl (C=O) groups is 2. The number of aliphatic hydroxyl groups is 1. The molecule has 1 aromatic rings. The van der Waals surface area contributed by atoms with E-state index < -0.39 is 18.3 Å².